The van der Waals surface area contributed by atoms with E-state index in [0.29, 0.717) is 13.1 Å². The number of nitrogens with zero attached hydrogens (tertiary/aromatic N) is 2. The fourth-order valence-corrected chi connectivity index (χ4v) is 1.65. The average molecular weight is 224 g/mol. The highest BCUT2D eigenvalue weighted by molar-refractivity contribution is 5.47. The lowest BCUT2D eigenvalue weighted by atomic mass is 10.0. The second-order valence-corrected chi connectivity index (χ2v) is 4.54. The molecule has 1 rings (SSSR count). The zero-order chi connectivity index (χ0) is 12.3. The lowest BCUT2D eigenvalue weighted by Gasteiger charge is -2.19. The third kappa shape index (κ3) is 3.12. The summed E-state index contributed by atoms with van der Waals surface area (Å²) in [5, 5.41) is 19.6. The lowest BCUT2D eigenvalue weighted by Crippen LogP contribution is -2.17. The summed E-state index contributed by atoms with van der Waals surface area (Å²) in [5.74, 6) is 0.478. The Morgan fingerprint density at radius 2 is 1.12 bits per heavy atom. The van der Waals surface area contributed by atoms with Crippen LogP contribution in [0.5, 0.6) is 11.5 Å². The number of phenols is 2. The molecule has 1 aromatic rings. The van der Waals surface area contributed by atoms with Crippen molar-refractivity contribution in [2.24, 2.45) is 0 Å². The van der Waals surface area contributed by atoms with Gasteiger partial charge in [0.15, 0.2) is 0 Å². The largest absolute Gasteiger partial charge is 0.508 e. The van der Waals surface area contributed by atoms with E-state index in [4.69, 9.17) is 0 Å². The highest BCUT2D eigenvalue weighted by atomic mass is 16.3. The summed E-state index contributed by atoms with van der Waals surface area (Å²) < 4.78 is 0. The summed E-state index contributed by atoms with van der Waals surface area (Å²) in [7, 11) is 7.73. The zero-order valence-electron chi connectivity index (χ0n) is 10.4. The fourth-order valence-electron chi connectivity index (χ4n) is 1.65. The van der Waals surface area contributed by atoms with Crippen LogP contribution in [0, 0.1) is 0 Å². The smallest absolute Gasteiger partial charge is 0.120 e. The summed E-state index contributed by atoms with van der Waals surface area (Å²) >= 11 is 0. The molecule has 0 aliphatic carbocycles. The van der Waals surface area contributed by atoms with Gasteiger partial charge in [-0.2, -0.15) is 0 Å². The van der Waals surface area contributed by atoms with Gasteiger partial charge in [-0.15, -0.1) is 0 Å². The predicted molar refractivity (Wildman–Crippen MR) is 64.6 cm³/mol. The monoisotopic (exact) mass is 224 g/mol. The molecule has 0 amide bonds. The summed E-state index contributed by atoms with van der Waals surface area (Å²) in [4.78, 5) is 3.93. The molecular weight excluding hydrogens is 204 g/mol. The molecule has 16 heavy (non-hydrogen) atoms. The number of rotatable bonds is 4. The first kappa shape index (κ1) is 12.8. The van der Waals surface area contributed by atoms with Crippen molar-refractivity contribution >= 4 is 0 Å². The number of hydrogen-bond donors (Lipinski definition) is 2. The summed E-state index contributed by atoms with van der Waals surface area (Å²) in [6.07, 6.45) is 0. The molecule has 0 bridgehead atoms. The van der Waals surface area contributed by atoms with E-state index in [1.54, 1.807) is 0 Å². The summed E-state index contributed by atoms with van der Waals surface area (Å²) in [6.45, 7) is 1.23. The standard InChI is InChI=1S/C12H20N2O2/c1-13(2)7-9-10(8-14(3)4)12(16)6-5-11(9)15/h5-6,15-16H,7-8H2,1-4H3. The van der Waals surface area contributed by atoms with Crippen molar-refractivity contribution in [1.29, 1.82) is 0 Å². The van der Waals surface area contributed by atoms with E-state index in [1.165, 1.54) is 12.1 Å². The minimum Gasteiger partial charge on any atom is -0.508 e. The Hall–Kier alpha value is -1.26. The fraction of sp³-hybridized carbons (Fsp3) is 0.500. The molecular formula is C12H20N2O2. The van der Waals surface area contributed by atoms with Crippen molar-refractivity contribution in [1.82, 2.24) is 9.80 Å². The van der Waals surface area contributed by atoms with Gasteiger partial charge in [0, 0.05) is 24.2 Å². The Balaban J connectivity index is 3.14. The maximum absolute atomic E-state index is 9.82. The highest BCUT2D eigenvalue weighted by Crippen LogP contribution is 2.30. The number of aromatic hydroxyl groups is 2. The van der Waals surface area contributed by atoms with Crippen molar-refractivity contribution in [3.8, 4) is 11.5 Å². The molecule has 0 radical (unpaired) electrons. The van der Waals surface area contributed by atoms with Gasteiger partial charge in [-0.1, -0.05) is 0 Å². The van der Waals surface area contributed by atoms with Gasteiger partial charge in [-0.05, 0) is 40.3 Å². The Morgan fingerprint density at radius 3 is 1.38 bits per heavy atom. The van der Waals surface area contributed by atoms with Crippen molar-refractivity contribution < 1.29 is 10.2 Å². The maximum Gasteiger partial charge on any atom is 0.120 e. The van der Waals surface area contributed by atoms with Crippen molar-refractivity contribution in [3.05, 3.63) is 23.3 Å². The van der Waals surface area contributed by atoms with Gasteiger partial charge in [0.1, 0.15) is 11.5 Å². The van der Waals surface area contributed by atoms with Crippen LogP contribution < -0.4 is 0 Å². The third-order valence-electron chi connectivity index (χ3n) is 2.33. The lowest BCUT2D eigenvalue weighted by molar-refractivity contribution is 0.357. The van der Waals surface area contributed by atoms with Crippen LogP contribution in [0.2, 0.25) is 0 Å². The van der Waals surface area contributed by atoms with Crippen LogP contribution >= 0.6 is 0 Å². The Kier molecular flexibility index (Phi) is 4.15. The van der Waals surface area contributed by atoms with Crippen molar-refractivity contribution in [3.63, 3.8) is 0 Å². The molecule has 4 heteroatoms. The van der Waals surface area contributed by atoms with Crippen molar-refractivity contribution in [2.75, 3.05) is 28.2 Å². The summed E-state index contributed by atoms with van der Waals surface area (Å²) in [6, 6.07) is 3.07. The molecule has 0 spiro atoms. The minimum atomic E-state index is 0.239. The molecule has 90 valence electrons. The molecule has 0 saturated carbocycles. The van der Waals surface area contributed by atoms with Gasteiger partial charge >= 0.3 is 0 Å². The molecule has 0 heterocycles. The molecule has 0 aliphatic heterocycles. The molecule has 4 nitrogen and oxygen atoms in total. The van der Waals surface area contributed by atoms with E-state index in [0.717, 1.165) is 11.1 Å². The average Bonchev–Trinajstić information content (AvgIpc) is 2.16. The topological polar surface area (TPSA) is 46.9 Å². The van der Waals surface area contributed by atoms with E-state index < -0.39 is 0 Å². The van der Waals surface area contributed by atoms with Gasteiger partial charge in [0.25, 0.3) is 0 Å². The van der Waals surface area contributed by atoms with Crippen LogP contribution in [-0.2, 0) is 13.1 Å². The minimum absolute atomic E-state index is 0.239. The first-order valence-corrected chi connectivity index (χ1v) is 5.24. The van der Waals surface area contributed by atoms with E-state index in [-0.39, 0.29) is 11.5 Å². The Bertz CT molecular complexity index is 327. The normalized spacial score (nSPS) is 11.4. The van der Waals surface area contributed by atoms with Crippen LogP contribution in [0.1, 0.15) is 11.1 Å². The van der Waals surface area contributed by atoms with E-state index in [1.807, 2.05) is 38.0 Å². The van der Waals surface area contributed by atoms with Gasteiger partial charge in [-0.3, -0.25) is 0 Å². The molecule has 0 fully saturated rings. The van der Waals surface area contributed by atoms with Gasteiger partial charge in [0.2, 0.25) is 0 Å². The zero-order valence-corrected chi connectivity index (χ0v) is 10.4. The highest BCUT2D eigenvalue weighted by Gasteiger charge is 2.13. The SMILES string of the molecule is CN(C)Cc1c(O)ccc(O)c1CN(C)C. The van der Waals surface area contributed by atoms with Crippen LogP contribution in [0.15, 0.2) is 12.1 Å². The van der Waals surface area contributed by atoms with Crippen LogP contribution in [0.4, 0.5) is 0 Å². The first-order valence-electron chi connectivity index (χ1n) is 5.24. The molecule has 0 saturated heterocycles. The quantitative estimate of drug-likeness (QED) is 0.755. The van der Waals surface area contributed by atoms with Crippen molar-refractivity contribution in [2.45, 2.75) is 13.1 Å². The van der Waals surface area contributed by atoms with E-state index >= 15 is 0 Å². The Morgan fingerprint density at radius 1 is 0.812 bits per heavy atom. The number of phenolic OH excluding ortho intramolecular Hbond substituents is 2. The molecule has 1 aromatic carbocycles. The third-order valence-corrected chi connectivity index (χ3v) is 2.33. The second kappa shape index (κ2) is 5.18. The molecule has 0 unspecified atom stereocenters. The van der Waals surface area contributed by atoms with Gasteiger partial charge in [0.05, 0.1) is 0 Å². The van der Waals surface area contributed by atoms with Crippen LogP contribution in [0.3, 0.4) is 0 Å². The van der Waals surface area contributed by atoms with E-state index in [9.17, 15) is 10.2 Å². The Labute approximate surface area is 96.7 Å². The van der Waals surface area contributed by atoms with Gasteiger partial charge in [-0.25, -0.2) is 0 Å². The molecule has 0 aromatic heterocycles. The molecule has 0 atom stereocenters. The molecule has 2 N–H and O–H groups in total. The maximum atomic E-state index is 9.82. The second-order valence-electron chi connectivity index (χ2n) is 4.54. The number of benzene rings is 1. The van der Waals surface area contributed by atoms with E-state index in [2.05, 4.69) is 0 Å². The van der Waals surface area contributed by atoms with Gasteiger partial charge < -0.3 is 20.0 Å². The summed E-state index contributed by atoms with van der Waals surface area (Å²) in [5.41, 5.74) is 1.58. The number of hydrogen-bond acceptors (Lipinski definition) is 4. The van der Waals surface area contributed by atoms with Crippen LogP contribution in [-0.4, -0.2) is 48.2 Å². The van der Waals surface area contributed by atoms with Crippen LogP contribution in [0.25, 0.3) is 0 Å². The molecule has 0 aliphatic rings. The first-order chi connectivity index (χ1) is 7.41. The predicted octanol–water partition coefficient (Wildman–Crippen LogP) is 1.22.